The Morgan fingerprint density at radius 1 is 1.64 bits per heavy atom. The zero-order valence-electron chi connectivity index (χ0n) is 8.27. The number of hydrogen-bond donors (Lipinski definition) is 1. The van der Waals surface area contributed by atoms with Crippen molar-refractivity contribution in [3.63, 3.8) is 0 Å². The summed E-state index contributed by atoms with van der Waals surface area (Å²) < 4.78 is 0. The summed E-state index contributed by atoms with van der Waals surface area (Å²) >= 11 is 0. The Morgan fingerprint density at radius 3 is 2.93 bits per heavy atom. The number of anilines is 1. The highest BCUT2D eigenvalue weighted by atomic mass is 16.4. The largest absolute Gasteiger partial charge is 0.480 e. The van der Waals surface area contributed by atoms with Crippen LogP contribution in [0.25, 0.3) is 0 Å². The molecule has 0 radical (unpaired) electrons. The van der Waals surface area contributed by atoms with Crippen LogP contribution >= 0.6 is 0 Å². The van der Waals surface area contributed by atoms with Crippen LogP contribution in [0.15, 0.2) is 12.3 Å². The fourth-order valence-electron chi connectivity index (χ4n) is 1.04. The number of aromatic nitrogens is 2. The lowest BCUT2D eigenvalue weighted by molar-refractivity contribution is -0.135. The third kappa shape index (κ3) is 2.69. The molecule has 0 saturated carbocycles. The Balaban J connectivity index is 2.78. The molecule has 0 aliphatic heterocycles. The molecule has 0 atom stereocenters. The number of nitrogens with zero attached hydrogens (tertiary/aromatic N) is 3. The number of hydrogen-bond acceptors (Lipinski definition) is 4. The molecule has 5 nitrogen and oxygen atoms in total. The standard InChI is InChI=1S/C9H13N3O2/c1-3-7-4-5-10-9(11-7)12(2)6-8(13)14/h4-5H,3,6H2,1-2H3,(H,13,14). The number of aryl methyl sites for hydroxylation is 1. The fraction of sp³-hybridized carbons (Fsp3) is 0.444. The Morgan fingerprint density at radius 2 is 2.36 bits per heavy atom. The Labute approximate surface area is 82.4 Å². The second kappa shape index (κ2) is 4.55. The number of carboxylic acid groups (broad SMARTS) is 1. The quantitative estimate of drug-likeness (QED) is 0.760. The van der Waals surface area contributed by atoms with Gasteiger partial charge in [0, 0.05) is 18.9 Å². The highest BCUT2D eigenvalue weighted by molar-refractivity contribution is 5.72. The first-order valence-corrected chi connectivity index (χ1v) is 4.38. The second-order valence-electron chi connectivity index (χ2n) is 2.95. The minimum atomic E-state index is -0.891. The van der Waals surface area contributed by atoms with Gasteiger partial charge in [0.15, 0.2) is 0 Å². The number of rotatable bonds is 4. The molecular formula is C9H13N3O2. The van der Waals surface area contributed by atoms with Crippen molar-refractivity contribution in [3.05, 3.63) is 18.0 Å². The lowest BCUT2D eigenvalue weighted by Crippen LogP contribution is -2.27. The first kappa shape index (κ1) is 10.4. The topological polar surface area (TPSA) is 66.3 Å². The number of carbonyl (C=O) groups is 1. The predicted molar refractivity (Wildman–Crippen MR) is 52.3 cm³/mol. The molecule has 0 aromatic carbocycles. The van der Waals surface area contributed by atoms with Gasteiger partial charge in [-0.05, 0) is 12.5 Å². The molecule has 1 N–H and O–H groups in total. The van der Waals surface area contributed by atoms with Crippen LogP contribution in [0.5, 0.6) is 0 Å². The van der Waals surface area contributed by atoms with Gasteiger partial charge in [0.2, 0.25) is 5.95 Å². The summed E-state index contributed by atoms with van der Waals surface area (Å²) in [5.41, 5.74) is 0.909. The summed E-state index contributed by atoms with van der Waals surface area (Å²) in [5, 5.41) is 8.57. The van der Waals surface area contributed by atoms with Gasteiger partial charge in [-0.15, -0.1) is 0 Å². The van der Waals surface area contributed by atoms with E-state index in [2.05, 4.69) is 9.97 Å². The first-order chi connectivity index (χ1) is 6.63. The minimum Gasteiger partial charge on any atom is -0.480 e. The van der Waals surface area contributed by atoms with E-state index in [4.69, 9.17) is 5.11 Å². The molecule has 5 heteroatoms. The Kier molecular flexibility index (Phi) is 3.39. The molecule has 0 amide bonds. The average molecular weight is 195 g/mol. The van der Waals surface area contributed by atoms with Gasteiger partial charge in [-0.25, -0.2) is 9.97 Å². The molecule has 0 unspecified atom stereocenters. The number of likely N-dealkylation sites (N-methyl/N-ethyl adjacent to an activating group) is 1. The van der Waals surface area contributed by atoms with E-state index in [1.54, 1.807) is 13.2 Å². The van der Waals surface area contributed by atoms with Crippen molar-refractivity contribution in [2.75, 3.05) is 18.5 Å². The van der Waals surface area contributed by atoms with Crippen molar-refractivity contribution >= 4 is 11.9 Å². The van der Waals surface area contributed by atoms with Crippen LogP contribution in [0.4, 0.5) is 5.95 Å². The zero-order valence-corrected chi connectivity index (χ0v) is 8.27. The maximum absolute atomic E-state index is 10.4. The van der Waals surface area contributed by atoms with Crippen LogP contribution in [0.3, 0.4) is 0 Å². The van der Waals surface area contributed by atoms with Gasteiger partial charge in [-0.3, -0.25) is 4.79 Å². The molecule has 0 bridgehead atoms. The first-order valence-electron chi connectivity index (χ1n) is 4.38. The summed E-state index contributed by atoms with van der Waals surface area (Å²) in [4.78, 5) is 20.1. The maximum atomic E-state index is 10.4. The summed E-state index contributed by atoms with van der Waals surface area (Å²) in [7, 11) is 1.66. The van der Waals surface area contributed by atoms with E-state index in [1.807, 2.05) is 13.0 Å². The molecule has 14 heavy (non-hydrogen) atoms. The zero-order chi connectivity index (χ0) is 10.6. The second-order valence-corrected chi connectivity index (χ2v) is 2.95. The van der Waals surface area contributed by atoms with Gasteiger partial charge >= 0.3 is 5.97 Å². The van der Waals surface area contributed by atoms with Crippen LogP contribution < -0.4 is 4.90 Å². The van der Waals surface area contributed by atoms with Crippen molar-refractivity contribution < 1.29 is 9.90 Å². The van der Waals surface area contributed by atoms with Crippen molar-refractivity contribution in [3.8, 4) is 0 Å². The highest BCUT2D eigenvalue weighted by Gasteiger charge is 2.07. The van der Waals surface area contributed by atoms with Crippen molar-refractivity contribution in [1.29, 1.82) is 0 Å². The third-order valence-electron chi connectivity index (χ3n) is 1.78. The lowest BCUT2D eigenvalue weighted by Gasteiger charge is -2.14. The van der Waals surface area contributed by atoms with Crippen molar-refractivity contribution in [1.82, 2.24) is 9.97 Å². The van der Waals surface area contributed by atoms with Gasteiger partial charge in [-0.2, -0.15) is 0 Å². The van der Waals surface area contributed by atoms with E-state index in [9.17, 15) is 4.79 Å². The van der Waals surface area contributed by atoms with Gasteiger partial charge < -0.3 is 10.0 Å². The summed E-state index contributed by atoms with van der Waals surface area (Å²) in [6.45, 7) is 1.90. The SMILES string of the molecule is CCc1ccnc(N(C)CC(=O)O)n1. The molecule has 1 aromatic heterocycles. The molecule has 76 valence electrons. The smallest absolute Gasteiger partial charge is 0.323 e. The molecule has 1 aromatic rings. The Bertz CT molecular complexity index is 328. The Hall–Kier alpha value is -1.65. The van der Waals surface area contributed by atoms with Crippen molar-refractivity contribution in [2.45, 2.75) is 13.3 Å². The van der Waals surface area contributed by atoms with Gasteiger partial charge in [-0.1, -0.05) is 6.92 Å². The normalized spacial score (nSPS) is 9.86. The van der Waals surface area contributed by atoms with Crippen LogP contribution in [-0.4, -0.2) is 34.6 Å². The van der Waals surface area contributed by atoms with Crippen LogP contribution in [0, 0.1) is 0 Å². The van der Waals surface area contributed by atoms with Crippen LogP contribution in [-0.2, 0) is 11.2 Å². The van der Waals surface area contributed by atoms with Gasteiger partial charge in [0.25, 0.3) is 0 Å². The highest BCUT2D eigenvalue weighted by Crippen LogP contribution is 2.05. The summed E-state index contributed by atoms with van der Waals surface area (Å²) in [6, 6.07) is 1.82. The van der Waals surface area contributed by atoms with Crippen molar-refractivity contribution in [2.24, 2.45) is 0 Å². The minimum absolute atomic E-state index is 0.0901. The lowest BCUT2D eigenvalue weighted by atomic mass is 10.3. The summed E-state index contributed by atoms with van der Waals surface area (Å²) in [5.74, 6) is -0.440. The predicted octanol–water partition coefficient (Wildman–Crippen LogP) is 0.560. The van der Waals surface area contributed by atoms with E-state index in [0.29, 0.717) is 5.95 Å². The molecule has 0 aliphatic rings. The van der Waals surface area contributed by atoms with Gasteiger partial charge in [0.1, 0.15) is 6.54 Å². The molecule has 0 saturated heterocycles. The number of aliphatic carboxylic acids is 1. The van der Waals surface area contributed by atoms with E-state index >= 15 is 0 Å². The molecule has 0 aliphatic carbocycles. The molecule has 0 spiro atoms. The molecule has 1 rings (SSSR count). The van der Waals surface area contributed by atoms with Crippen LogP contribution in [0.1, 0.15) is 12.6 Å². The summed E-state index contributed by atoms with van der Waals surface area (Å²) in [6.07, 6.45) is 2.45. The van der Waals surface area contributed by atoms with E-state index in [-0.39, 0.29) is 6.54 Å². The molecule has 0 fully saturated rings. The third-order valence-corrected chi connectivity index (χ3v) is 1.78. The maximum Gasteiger partial charge on any atom is 0.323 e. The van der Waals surface area contributed by atoms with E-state index in [1.165, 1.54) is 4.90 Å². The number of carboxylic acids is 1. The molecular weight excluding hydrogens is 182 g/mol. The van der Waals surface area contributed by atoms with E-state index < -0.39 is 5.97 Å². The average Bonchev–Trinajstić information content (AvgIpc) is 2.17. The molecule has 1 heterocycles. The van der Waals surface area contributed by atoms with Gasteiger partial charge in [0.05, 0.1) is 0 Å². The van der Waals surface area contributed by atoms with E-state index in [0.717, 1.165) is 12.1 Å². The monoisotopic (exact) mass is 195 g/mol. The van der Waals surface area contributed by atoms with Crippen LogP contribution in [0.2, 0.25) is 0 Å². The fourth-order valence-corrected chi connectivity index (χ4v) is 1.04.